The molecule has 5 heteroatoms. The molecule has 0 unspecified atom stereocenters. The normalized spacial score (nSPS) is 9.38. The topological polar surface area (TPSA) is 70.7 Å². The highest BCUT2D eigenvalue weighted by atomic mass is 16.1. The molecule has 0 saturated heterocycles. The number of hydrogen-bond donors (Lipinski definition) is 1. The van der Waals surface area contributed by atoms with E-state index in [1.165, 1.54) is 11.7 Å². The third kappa shape index (κ3) is 1.38. The third-order valence-corrected chi connectivity index (χ3v) is 1.78. The van der Waals surface area contributed by atoms with Gasteiger partial charge in [0.05, 0.1) is 5.69 Å². The van der Waals surface area contributed by atoms with Crippen molar-refractivity contribution in [3.05, 3.63) is 17.0 Å². The van der Waals surface area contributed by atoms with Gasteiger partial charge in [0.15, 0.2) is 0 Å². The van der Waals surface area contributed by atoms with Gasteiger partial charge in [-0.1, -0.05) is 0 Å². The van der Waals surface area contributed by atoms with Gasteiger partial charge in [-0.25, -0.2) is 0 Å². The average Bonchev–Trinajstić information content (AvgIpc) is 2.39. The van der Waals surface area contributed by atoms with Gasteiger partial charge < -0.3 is 5.32 Å². The summed E-state index contributed by atoms with van der Waals surface area (Å²) in [5, 5.41) is 15.2. The predicted molar refractivity (Wildman–Crippen MR) is 46.1 cm³/mol. The van der Waals surface area contributed by atoms with Crippen LogP contribution in [0.5, 0.6) is 0 Å². The molecule has 1 amide bonds. The molecule has 5 nitrogen and oxygen atoms in total. The third-order valence-electron chi connectivity index (χ3n) is 1.78. The van der Waals surface area contributed by atoms with Crippen LogP contribution >= 0.6 is 0 Å². The van der Waals surface area contributed by atoms with Crippen LogP contribution in [0.1, 0.15) is 21.7 Å². The molecule has 1 heterocycles. The molecule has 0 spiro atoms. The van der Waals surface area contributed by atoms with E-state index in [9.17, 15) is 4.79 Å². The summed E-state index contributed by atoms with van der Waals surface area (Å²) in [5.41, 5.74) is 1.22. The Labute approximate surface area is 76.0 Å². The summed E-state index contributed by atoms with van der Waals surface area (Å²) >= 11 is 0. The number of aromatic nitrogens is 2. The first-order chi connectivity index (χ1) is 6.11. The molecule has 0 aliphatic heterocycles. The fraction of sp³-hybridized carbons (Fsp3) is 0.375. The second-order valence-electron chi connectivity index (χ2n) is 2.62. The zero-order valence-corrected chi connectivity index (χ0v) is 7.75. The highest BCUT2D eigenvalue weighted by molar-refractivity contribution is 5.95. The lowest BCUT2D eigenvalue weighted by molar-refractivity contribution is 0.0953. The Morgan fingerprint density at radius 1 is 1.69 bits per heavy atom. The maximum atomic E-state index is 11.3. The van der Waals surface area contributed by atoms with E-state index < -0.39 is 0 Å². The maximum absolute atomic E-state index is 11.3. The molecule has 0 fully saturated rings. The summed E-state index contributed by atoms with van der Waals surface area (Å²) in [6.07, 6.45) is 0. The number of rotatable bonds is 1. The Hall–Kier alpha value is -1.83. The fourth-order valence-corrected chi connectivity index (χ4v) is 1.17. The van der Waals surface area contributed by atoms with Crippen LogP contribution in [0.3, 0.4) is 0 Å². The molecular formula is C8H10N4O. The molecule has 0 aliphatic carbocycles. The Bertz CT molecular complexity index is 386. The highest BCUT2D eigenvalue weighted by Crippen LogP contribution is 2.10. The fourth-order valence-electron chi connectivity index (χ4n) is 1.17. The van der Waals surface area contributed by atoms with Crippen molar-refractivity contribution in [3.8, 4) is 6.07 Å². The number of carbonyl (C=O) groups is 1. The molecular weight excluding hydrogens is 168 g/mol. The maximum Gasteiger partial charge on any atom is 0.270 e. The van der Waals surface area contributed by atoms with Crippen LogP contribution < -0.4 is 5.32 Å². The molecule has 0 saturated carbocycles. The first kappa shape index (κ1) is 9.26. The summed E-state index contributed by atoms with van der Waals surface area (Å²) in [6.45, 7) is 1.70. The monoisotopic (exact) mass is 178 g/mol. The second kappa shape index (κ2) is 3.27. The number of carbonyl (C=O) groups excluding carboxylic acids is 1. The summed E-state index contributed by atoms with van der Waals surface area (Å²) in [7, 11) is 3.16. The van der Waals surface area contributed by atoms with E-state index in [-0.39, 0.29) is 5.91 Å². The lowest BCUT2D eigenvalue weighted by atomic mass is 10.2. The molecule has 0 atom stereocenters. The molecule has 0 bridgehead atoms. The summed E-state index contributed by atoms with van der Waals surface area (Å²) in [5.74, 6) is -0.292. The molecule has 1 N–H and O–H groups in total. The number of hydrogen-bond acceptors (Lipinski definition) is 3. The van der Waals surface area contributed by atoms with Crippen molar-refractivity contribution < 1.29 is 4.79 Å². The highest BCUT2D eigenvalue weighted by Gasteiger charge is 2.18. The van der Waals surface area contributed by atoms with Gasteiger partial charge in [-0.15, -0.1) is 0 Å². The first-order valence-corrected chi connectivity index (χ1v) is 3.77. The number of nitriles is 1. The van der Waals surface area contributed by atoms with E-state index in [1.807, 2.05) is 6.07 Å². The molecule has 0 aliphatic rings. The van der Waals surface area contributed by atoms with E-state index >= 15 is 0 Å². The van der Waals surface area contributed by atoms with Crippen molar-refractivity contribution in [3.63, 3.8) is 0 Å². The van der Waals surface area contributed by atoms with Gasteiger partial charge in [0, 0.05) is 14.1 Å². The van der Waals surface area contributed by atoms with Crippen LogP contribution in [0.2, 0.25) is 0 Å². The molecule has 13 heavy (non-hydrogen) atoms. The lowest BCUT2D eigenvalue weighted by Gasteiger charge is -1.99. The van der Waals surface area contributed by atoms with E-state index in [0.29, 0.717) is 17.0 Å². The molecule has 68 valence electrons. The van der Waals surface area contributed by atoms with Crippen LogP contribution in [-0.2, 0) is 7.05 Å². The van der Waals surface area contributed by atoms with Crippen molar-refractivity contribution in [2.24, 2.45) is 7.05 Å². The Morgan fingerprint density at radius 2 is 2.31 bits per heavy atom. The lowest BCUT2D eigenvalue weighted by Crippen LogP contribution is -2.22. The Balaban J connectivity index is 3.35. The molecule has 1 rings (SSSR count). The van der Waals surface area contributed by atoms with Crippen molar-refractivity contribution in [1.82, 2.24) is 15.1 Å². The minimum atomic E-state index is -0.292. The van der Waals surface area contributed by atoms with Crippen molar-refractivity contribution in [2.75, 3.05) is 7.05 Å². The number of aryl methyl sites for hydroxylation is 2. The van der Waals surface area contributed by atoms with Crippen LogP contribution in [0.4, 0.5) is 0 Å². The largest absolute Gasteiger partial charge is 0.354 e. The van der Waals surface area contributed by atoms with Gasteiger partial charge in [0.1, 0.15) is 17.3 Å². The number of amides is 1. The Morgan fingerprint density at radius 3 is 2.77 bits per heavy atom. The zero-order chi connectivity index (χ0) is 10.0. The summed E-state index contributed by atoms with van der Waals surface area (Å²) < 4.78 is 1.41. The van der Waals surface area contributed by atoms with Crippen molar-refractivity contribution in [2.45, 2.75) is 6.92 Å². The quantitative estimate of drug-likeness (QED) is 0.656. The van der Waals surface area contributed by atoms with Crippen LogP contribution in [-0.4, -0.2) is 22.7 Å². The van der Waals surface area contributed by atoms with E-state index in [4.69, 9.17) is 5.26 Å². The van der Waals surface area contributed by atoms with Gasteiger partial charge in [0.25, 0.3) is 5.91 Å². The second-order valence-corrected chi connectivity index (χ2v) is 2.62. The standard InChI is InChI=1S/C8H10N4O/c1-5-6(4-9)7(8(13)10-2)12(3)11-5/h1-3H3,(H,10,13). The number of nitrogens with one attached hydrogen (secondary N) is 1. The van der Waals surface area contributed by atoms with Crippen LogP contribution in [0.15, 0.2) is 0 Å². The molecule has 0 radical (unpaired) electrons. The van der Waals surface area contributed by atoms with Crippen LogP contribution in [0.25, 0.3) is 0 Å². The van der Waals surface area contributed by atoms with Crippen molar-refractivity contribution >= 4 is 5.91 Å². The summed E-state index contributed by atoms with van der Waals surface area (Å²) in [4.78, 5) is 11.3. The van der Waals surface area contributed by atoms with Gasteiger partial charge in [-0.3, -0.25) is 9.48 Å². The SMILES string of the molecule is CNC(=O)c1c(C#N)c(C)nn1C. The van der Waals surface area contributed by atoms with E-state index in [2.05, 4.69) is 10.4 Å². The van der Waals surface area contributed by atoms with Gasteiger partial charge in [-0.2, -0.15) is 10.4 Å². The predicted octanol–water partition coefficient (Wildman–Crippen LogP) is -0.0402. The number of nitrogens with zero attached hydrogens (tertiary/aromatic N) is 3. The van der Waals surface area contributed by atoms with Gasteiger partial charge in [0.2, 0.25) is 0 Å². The van der Waals surface area contributed by atoms with Gasteiger partial charge in [-0.05, 0) is 6.92 Å². The average molecular weight is 178 g/mol. The van der Waals surface area contributed by atoms with Gasteiger partial charge >= 0.3 is 0 Å². The minimum Gasteiger partial charge on any atom is -0.354 e. The minimum absolute atomic E-state index is 0.292. The van der Waals surface area contributed by atoms with E-state index in [1.54, 1.807) is 14.0 Å². The molecule has 1 aromatic heterocycles. The van der Waals surface area contributed by atoms with Crippen LogP contribution in [0, 0.1) is 18.3 Å². The first-order valence-electron chi connectivity index (χ1n) is 3.77. The molecule has 0 aromatic carbocycles. The molecule has 1 aromatic rings. The summed E-state index contributed by atoms with van der Waals surface area (Å²) in [6, 6.07) is 1.96. The smallest absolute Gasteiger partial charge is 0.270 e. The Kier molecular flexibility index (Phi) is 2.33. The van der Waals surface area contributed by atoms with E-state index in [0.717, 1.165) is 0 Å². The van der Waals surface area contributed by atoms with Crippen molar-refractivity contribution in [1.29, 1.82) is 5.26 Å². The zero-order valence-electron chi connectivity index (χ0n) is 7.75.